The number of amides is 1. The molecule has 0 unspecified atom stereocenters. The summed E-state index contributed by atoms with van der Waals surface area (Å²) in [6, 6.07) is 2.94. The van der Waals surface area contributed by atoms with Crippen LogP contribution in [0.15, 0.2) is 30.6 Å². The fraction of sp³-hybridized carbons (Fsp3) is 0.375. The standard InChI is InChI=1S/C24H23F5N6O3S/c1-13-19(20(36)32-14-2-3-15(25)16(26)10-14)21(39-34-13)33-18-12-30-17(11-31-18)23(22(37)38)4-7-35(8-5-23)9-6-24(27,28)29/h2-3,10-12H,4-9H2,1H3,(H,31,33)(H,32,36)(H,37,38). The summed E-state index contributed by atoms with van der Waals surface area (Å²) < 4.78 is 68.5. The molecule has 3 N–H and O–H groups in total. The van der Waals surface area contributed by atoms with Crippen LogP contribution in [-0.4, -0.2) is 62.0 Å². The molecule has 1 saturated heterocycles. The van der Waals surface area contributed by atoms with Crippen molar-refractivity contribution in [3.8, 4) is 0 Å². The number of nitrogens with one attached hydrogen (secondary N) is 2. The maximum absolute atomic E-state index is 13.5. The Hall–Kier alpha value is -3.72. The van der Waals surface area contributed by atoms with Gasteiger partial charge in [0.25, 0.3) is 5.91 Å². The molecule has 15 heteroatoms. The lowest BCUT2D eigenvalue weighted by atomic mass is 9.75. The molecule has 3 aromatic rings. The number of piperidine rings is 1. The number of rotatable bonds is 8. The molecule has 0 aliphatic carbocycles. The smallest absolute Gasteiger partial charge is 0.390 e. The van der Waals surface area contributed by atoms with Crippen LogP contribution in [0.2, 0.25) is 0 Å². The Morgan fingerprint density at radius 3 is 2.44 bits per heavy atom. The minimum Gasteiger partial charge on any atom is -0.481 e. The van der Waals surface area contributed by atoms with Crippen LogP contribution in [0.4, 0.5) is 38.5 Å². The molecule has 3 heterocycles. The first-order chi connectivity index (χ1) is 18.4. The number of carbonyl (C=O) groups excluding carboxylic acids is 1. The number of aryl methyl sites for hydroxylation is 1. The number of anilines is 3. The molecular formula is C24H23F5N6O3S. The molecule has 1 amide bonds. The molecule has 0 bridgehead atoms. The lowest BCUT2D eigenvalue weighted by molar-refractivity contribution is -0.148. The molecule has 2 aromatic heterocycles. The van der Waals surface area contributed by atoms with Gasteiger partial charge in [-0.05, 0) is 56.5 Å². The Balaban J connectivity index is 1.46. The molecule has 1 fully saturated rings. The summed E-state index contributed by atoms with van der Waals surface area (Å²) >= 11 is 0.955. The Bertz CT molecular complexity index is 1360. The molecule has 1 aromatic carbocycles. The van der Waals surface area contributed by atoms with E-state index in [1.807, 2.05) is 0 Å². The molecular weight excluding hydrogens is 547 g/mol. The first kappa shape index (κ1) is 28.3. The van der Waals surface area contributed by atoms with Crippen molar-refractivity contribution in [2.24, 2.45) is 0 Å². The highest BCUT2D eigenvalue weighted by molar-refractivity contribution is 7.10. The third kappa shape index (κ3) is 6.47. The van der Waals surface area contributed by atoms with Gasteiger partial charge in [-0.3, -0.25) is 14.6 Å². The van der Waals surface area contributed by atoms with E-state index in [4.69, 9.17) is 0 Å². The number of aromatic nitrogens is 3. The lowest BCUT2D eigenvalue weighted by Crippen LogP contribution is -2.48. The van der Waals surface area contributed by atoms with Crippen molar-refractivity contribution >= 4 is 39.9 Å². The Labute approximate surface area is 223 Å². The normalized spacial score (nSPS) is 15.6. The maximum Gasteiger partial charge on any atom is 0.390 e. The second-order valence-electron chi connectivity index (χ2n) is 9.06. The highest BCUT2D eigenvalue weighted by Crippen LogP contribution is 2.36. The summed E-state index contributed by atoms with van der Waals surface area (Å²) in [7, 11) is 0. The number of nitrogens with zero attached hydrogens (tertiary/aromatic N) is 4. The van der Waals surface area contributed by atoms with Crippen LogP contribution in [0.1, 0.15) is 41.0 Å². The van der Waals surface area contributed by atoms with Crippen LogP contribution in [0, 0.1) is 18.6 Å². The van der Waals surface area contributed by atoms with E-state index < -0.39 is 41.5 Å². The van der Waals surface area contributed by atoms with Crippen molar-refractivity contribution in [1.29, 1.82) is 0 Å². The number of hydrogen-bond donors (Lipinski definition) is 3. The highest BCUT2D eigenvalue weighted by Gasteiger charge is 2.45. The van der Waals surface area contributed by atoms with Crippen molar-refractivity contribution in [3.63, 3.8) is 0 Å². The fourth-order valence-corrected chi connectivity index (χ4v) is 5.07. The Morgan fingerprint density at radius 2 is 1.85 bits per heavy atom. The minimum atomic E-state index is -4.29. The van der Waals surface area contributed by atoms with Gasteiger partial charge in [-0.2, -0.15) is 17.5 Å². The highest BCUT2D eigenvalue weighted by atomic mass is 32.1. The number of benzene rings is 1. The van der Waals surface area contributed by atoms with Crippen LogP contribution in [0.3, 0.4) is 0 Å². The number of carboxylic acid groups (broad SMARTS) is 1. The van der Waals surface area contributed by atoms with Gasteiger partial charge < -0.3 is 20.6 Å². The molecule has 0 atom stereocenters. The molecule has 0 saturated carbocycles. The summed E-state index contributed by atoms with van der Waals surface area (Å²) in [6.07, 6.45) is -2.52. The second kappa shape index (κ2) is 11.2. The number of alkyl halides is 3. The van der Waals surface area contributed by atoms with Crippen LogP contribution in [0.5, 0.6) is 0 Å². The number of halogens is 5. The van der Waals surface area contributed by atoms with E-state index in [9.17, 15) is 36.6 Å². The van der Waals surface area contributed by atoms with Crippen LogP contribution in [-0.2, 0) is 10.2 Å². The van der Waals surface area contributed by atoms with Gasteiger partial charge in [0.05, 0.1) is 35.8 Å². The van der Waals surface area contributed by atoms with Crippen molar-refractivity contribution in [1.82, 2.24) is 19.2 Å². The second-order valence-corrected chi connectivity index (χ2v) is 9.83. The van der Waals surface area contributed by atoms with Crippen molar-refractivity contribution in [3.05, 3.63) is 59.2 Å². The van der Waals surface area contributed by atoms with Crippen molar-refractivity contribution in [2.75, 3.05) is 30.3 Å². The summed E-state index contributed by atoms with van der Waals surface area (Å²) in [5.41, 5.74) is -0.662. The van der Waals surface area contributed by atoms with Crippen LogP contribution in [0.25, 0.3) is 0 Å². The predicted molar refractivity (Wildman–Crippen MR) is 132 cm³/mol. The third-order valence-corrected chi connectivity index (χ3v) is 7.34. The predicted octanol–water partition coefficient (Wildman–Crippen LogP) is 4.89. The van der Waals surface area contributed by atoms with Crippen molar-refractivity contribution in [2.45, 2.75) is 37.8 Å². The van der Waals surface area contributed by atoms with Gasteiger partial charge in [0.15, 0.2) is 11.6 Å². The monoisotopic (exact) mass is 570 g/mol. The number of carbonyl (C=O) groups is 2. The van der Waals surface area contributed by atoms with E-state index in [-0.39, 0.29) is 55.2 Å². The van der Waals surface area contributed by atoms with Gasteiger partial charge in [0.2, 0.25) is 0 Å². The zero-order valence-corrected chi connectivity index (χ0v) is 21.3. The van der Waals surface area contributed by atoms with Crippen LogP contribution >= 0.6 is 11.5 Å². The summed E-state index contributed by atoms with van der Waals surface area (Å²) in [4.78, 5) is 35.1. The molecule has 4 rings (SSSR count). The third-order valence-electron chi connectivity index (χ3n) is 6.48. The minimum absolute atomic E-state index is 0.0445. The van der Waals surface area contributed by atoms with E-state index in [2.05, 4.69) is 25.0 Å². The molecule has 1 aliphatic rings. The Kier molecular flexibility index (Phi) is 8.11. The quantitative estimate of drug-likeness (QED) is 0.328. The average molecular weight is 571 g/mol. The van der Waals surface area contributed by atoms with Gasteiger partial charge >= 0.3 is 12.1 Å². The molecule has 0 spiro atoms. The van der Waals surface area contributed by atoms with Gasteiger partial charge in [0.1, 0.15) is 16.2 Å². The van der Waals surface area contributed by atoms with Crippen molar-refractivity contribution < 1.29 is 36.6 Å². The summed E-state index contributed by atoms with van der Waals surface area (Å²) in [5, 5.41) is 15.7. The maximum atomic E-state index is 13.5. The summed E-state index contributed by atoms with van der Waals surface area (Å²) in [6.45, 7) is 1.73. The van der Waals surface area contributed by atoms with E-state index in [0.717, 1.165) is 23.7 Å². The van der Waals surface area contributed by atoms with E-state index in [1.54, 1.807) is 11.8 Å². The molecule has 1 aliphatic heterocycles. The van der Waals surface area contributed by atoms with E-state index in [0.29, 0.717) is 10.7 Å². The zero-order valence-electron chi connectivity index (χ0n) is 20.5. The fourth-order valence-electron chi connectivity index (χ4n) is 4.27. The topological polar surface area (TPSA) is 120 Å². The number of aliphatic carboxylic acids is 1. The van der Waals surface area contributed by atoms with E-state index >= 15 is 0 Å². The SMILES string of the molecule is Cc1nsc(Nc2cnc(C3(C(=O)O)CCN(CCC(F)(F)F)CC3)cn2)c1C(=O)Nc1ccc(F)c(F)c1. The molecule has 9 nitrogen and oxygen atoms in total. The first-order valence-electron chi connectivity index (χ1n) is 11.7. The first-order valence-corrected chi connectivity index (χ1v) is 12.5. The molecule has 39 heavy (non-hydrogen) atoms. The van der Waals surface area contributed by atoms with Gasteiger partial charge in [-0.15, -0.1) is 0 Å². The number of likely N-dealkylation sites (tertiary alicyclic amines) is 1. The largest absolute Gasteiger partial charge is 0.481 e. The summed E-state index contributed by atoms with van der Waals surface area (Å²) in [5.74, 6) is -3.74. The zero-order chi connectivity index (χ0) is 28.4. The Morgan fingerprint density at radius 1 is 1.13 bits per heavy atom. The lowest BCUT2D eigenvalue weighted by Gasteiger charge is -2.38. The average Bonchev–Trinajstić information content (AvgIpc) is 3.25. The molecule has 0 radical (unpaired) electrons. The van der Waals surface area contributed by atoms with Crippen LogP contribution < -0.4 is 10.6 Å². The van der Waals surface area contributed by atoms with Gasteiger partial charge in [-0.25, -0.2) is 13.8 Å². The number of carboxylic acids is 1. The number of hydrogen-bond acceptors (Lipinski definition) is 8. The van der Waals surface area contributed by atoms with Gasteiger partial charge in [-0.1, -0.05) is 0 Å². The molecule has 208 valence electrons. The van der Waals surface area contributed by atoms with E-state index in [1.165, 1.54) is 18.5 Å². The van der Waals surface area contributed by atoms with Gasteiger partial charge in [0, 0.05) is 18.3 Å².